The fourth-order valence-electron chi connectivity index (χ4n) is 9.81. The molecule has 0 aliphatic carbocycles. The molecule has 2 aromatic carbocycles. The lowest BCUT2D eigenvalue weighted by Crippen LogP contribution is -2.58. The van der Waals surface area contributed by atoms with Gasteiger partial charge in [0.15, 0.2) is 11.9 Å². The molecule has 22 nitrogen and oxygen atoms in total. The molecule has 0 fully saturated rings. The molecule has 0 unspecified atom stereocenters. The molecule has 1 aliphatic rings. The number of likely N-dealkylation sites (N-methyl/N-ethyl adjacent to an activating group) is 2. The Kier molecular flexibility index (Phi) is 36.5. The van der Waals surface area contributed by atoms with Crippen molar-refractivity contribution in [2.45, 2.75) is 176 Å². The Balaban J connectivity index is 1.71. The third-order valence-electron chi connectivity index (χ3n) is 15.8. The second kappa shape index (κ2) is 42.3. The Bertz CT molecular complexity index is 2740. The van der Waals surface area contributed by atoms with Gasteiger partial charge in [0.25, 0.3) is 11.8 Å². The third kappa shape index (κ3) is 29.1. The van der Waals surface area contributed by atoms with Crippen LogP contribution in [0.1, 0.15) is 160 Å². The monoisotopic (exact) mass is 1290 g/mol. The van der Waals surface area contributed by atoms with Crippen molar-refractivity contribution in [1.82, 2.24) is 31.1 Å². The highest BCUT2D eigenvalue weighted by Crippen LogP contribution is 2.24. The number of benzene rings is 2. The Hall–Kier alpha value is -6.85. The van der Waals surface area contributed by atoms with E-state index in [1.807, 2.05) is 47.6 Å². The number of carbonyl (C=O) groups excluding carboxylic acids is 10. The van der Waals surface area contributed by atoms with Crippen molar-refractivity contribution in [3.63, 3.8) is 0 Å². The van der Waals surface area contributed by atoms with E-state index < -0.39 is 90.3 Å². The summed E-state index contributed by atoms with van der Waals surface area (Å²) >= 11 is 6.25. The Labute approximate surface area is 543 Å². The molecule has 506 valence electrons. The number of hydrogen-bond donors (Lipinski definition) is 4. The van der Waals surface area contributed by atoms with Gasteiger partial charge in [0.05, 0.1) is 59.4 Å². The second-order valence-electron chi connectivity index (χ2n) is 23.8. The summed E-state index contributed by atoms with van der Waals surface area (Å²) in [4.78, 5) is 138. The van der Waals surface area contributed by atoms with Crippen molar-refractivity contribution < 1.29 is 76.4 Å². The standard InChI is InChI=1S/C68H101ClN6O16/c1-13-45(5)60-64(81)71-49(9)68(85)91-61(46(6)14-2)47(7)19-18-20-48(8)67(84)90-58(41-44(3)4)63(80)72-56(65(82)75(12)57(42-51-23-29-54(69)30-24-51)66(83)74(11)43-59(78)73-60)22-17-15-16-21-55(77)31-33-86-35-37-88-39-40-89-38-36-87-34-32-70-62(79)53-27-25-52(26-28-53)50(10)76/h14,20,23-30,44-45,47,49,56-58,60-61H,13,15-19,21-22,31-43H2,1-12H3,(H,70,79)(H,71,81)(H,72,80)(H,73,78)/b46-14+,48-20+/t45-,47+,49-,56+,57-,58-,60+,61-/m1/s1. The van der Waals surface area contributed by atoms with Crippen LogP contribution >= 0.6 is 11.6 Å². The number of ether oxygens (including phenoxy) is 6. The van der Waals surface area contributed by atoms with Crippen LogP contribution in [-0.4, -0.2) is 185 Å². The predicted octanol–water partition coefficient (Wildman–Crippen LogP) is 7.51. The number of carbonyl (C=O) groups is 10. The van der Waals surface area contributed by atoms with Gasteiger partial charge in [-0.05, 0) is 120 Å². The van der Waals surface area contributed by atoms with Crippen molar-refractivity contribution in [3.05, 3.63) is 93.5 Å². The number of rotatable bonds is 30. The first-order valence-corrected chi connectivity index (χ1v) is 32.2. The van der Waals surface area contributed by atoms with Gasteiger partial charge in [-0.15, -0.1) is 0 Å². The molecule has 0 saturated heterocycles. The maximum absolute atomic E-state index is 15.0. The number of esters is 2. The lowest BCUT2D eigenvalue weighted by molar-refractivity contribution is -0.154. The van der Waals surface area contributed by atoms with Crippen LogP contribution in [0.2, 0.25) is 5.02 Å². The molecule has 0 spiro atoms. The van der Waals surface area contributed by atoms with E-state index in [0.29, 0.717) is 106 Å². The maximum Gasteiger partial charge on any atom is 0.334 e. The predicted molar refractivity (Wildman–Crippen MR) is 346 cm³/mol. The quantitative estimate of drug-likeness (QED) is 0.0255. The third-order valence-corrected chi connectivity index (χ3v) is 16.1. The van der Waals surface area contributed by atoms with Crippen molar-refractivity contribution in [2.24, 2.45) is 17.8 Å². The van der Waals surface area contributed by atoms with Gasteiger partial charge in [-0.1, -0.05) is 102 Å². The summed E-state index contributed by atoms with van der Waals surface area (Å²) in [5.74, 6) is -5.79. The molecular weight excluding hydrogens is 1190 g/mol. The van der Waals surface area contributed by atoms with Crippen LogP contribution in [-0.2, 0) is 73.2 Å². The molecule has 0 bridgehead atoms. The van der Waals surface area contributed by atoms with Gasteiger partial charge in [0.1, 0.15) is 36.1 Å². The minimum absolute atomic E-state index is 0.0144. The van der Waals surface area contributed by atoms with Crippen LogP contribution in [0.15, 0.2) is 71.8 Å². The topological polar surface area (TPSA) is 281 Å². The van der Waals surface area contributed by atoms with Gasteiger partial charge in [-0.2, -0.15) is 0 Å². The van der Waals surface area contributed by atoms with E-state index in [0.717, 1.165) is 10.5 Å². The van der Waals surface area contributed by atoms with E-state index in [9.17, 15) is 43.2 Å². The summed E-state index contributed by atoms with van der Waals surface area (Å²) in [6.45, 7) is 19.7. The van der Waals surface area contributed by atoms with Gasteiger partial charge >= 0.3 is 11.9 Å². The van der Waals surface area contributed by atoms with Gasteiger partial charge in [-0.25, -0.2) is 9.59 Å². The summed E-state index contributed by atoms with van der Waals surface area (Å²) in [5, 5.41) is 11.6. The Morgan fingerprint density at radius 3 is 1.95 bits per heavy atom. The largest absolute Gasteiger partial charge is 0.456 e. The number of hydrogen-bond acceptors (Lipinski definition) is 16. The number of ketones is 2. The van der Waals surface area contributed by atoms with Gasteiger partial charge in [0.2, 0.25) is 23.6 Å². The molecule has 91 heavy (non-hydrogen) atoms. The summed E-state index contributed by atoms with van der Waals surface area (Å²) in [7, 11) is 2.85. The van der Waals surface area contributed by atoms with E-state index in [1.165, 1.54) is 32.8 Å². The molecule has 3 rings (SSSR count). The number of nitrogens with zero attached hydrogens (tertiary/aromatic N) is 2. The van der Waals surface area contributed by atoms with Gasteiger partial charge in [-0.3, -0.25) is 38.4 Å². The lowest BCUT2D eigenvalue weighted by atomic mass is 9.93. The van der Waals surface area contributed by atoms with Crippen LogP contribution in [0.25, 0.3) is 0 Å². The first-order chi connectivity index (χ1) is 43.3. The van der Waals surface area contributed by atoms with E-state index in [2.05, 4.69) is 21.3 Å². The van der Waals surface area contributed by atoms with Crippen molar-refractivity contribution in [2.75, 3.05) is 80.0 Å². The summed E-state index contributed by atoms with van der Waals surface area (Å²) < 4.78 is 34.2. The SMILES string of the molecule is C/C=C(\C)[C@H]1OC(=O)[C@@H](C)NC(=O)[C@H]([C@H](C)CC)NC(=O)CN(C)C(=O)[C@@H](Cc2ccc(Cl)cc2)N(C)C(=O)[C@H](CCCCCC(=O)CCOCCOCCOCCOCCNC(=O)c2ccc(C(C)=O)cc2)NC(=O)[C@@H](CC(C)C)OC(=O)/C(C)=C/CC[C@@H]1C. The maximum atomic E-state index is 15.0. The number of Topliss-reactive ketones (excluding diaryl/α,β-unsaturated/α-hetero) is 2. The van der Waals surface area contributed by atoms with Crippen molar-refractivity contribution in [1.29, 1.82) is 0 Å². The number of cyclic esters (lactones) is 2. The first kappa shape index (κ1) is 78.4. The van der Waals surface area contributed by atoms with Crippen LogP contribution < -0.4 is 21.3 Å². The van der Waals surface area contributed by atoms with E-state index in [4.69, 9.17) is 40.0 Å². The summed E-state index contributed by atoms with van der Waals surface area (Å²) in [5.41, 5.74) is 2.65. The smallest absolute Gasteiger partial charge is 0.334 e. The highest BCUT2D eigenvalue weighted by Gasteiger charge is 2.37. The number of amides is 6. The molecule has 1 heterocycles. The molecular formula is C68H101ClN6O16. The normalized spacial score (nSPS) is 21.9. The lowest BCUT2D eigenvalue weighted by Gasteiger charge is -2.34. The number of halogens is 1. The first-order valence-electron chi connectivity index (χ1n) is 31.9. The number of unbranched alkanes of at least 4 members (excludes halogenated alkanes) is 2. The van der Waals surface area contributed by atoms with Gasteiger partial charge < -0.3 is 59.5 Å². The average Bonchev–Trinajstić information content (AvgIpc) is 1.64. The van der Waals surface area contributed by atoms with Crippen LogP contribution in [0.3, 0.4) is 0 Å². The number of allylic oxidation sites excluding steroid dienone is 2. The fraction of sp³-hybridized carbons (Fsp3) is 0.618. The molecule has 0 saturated carbocycles. The fourth-order valence-corrected chi connectivity index (χ4v) is 9.93. The summed E-state index contributed by atoms with van der Waals surface area (Å²) in [6, 6.07) is 8.48. The molecule has 4 N–H and O–H groups in total. The molecule has 2 aromatic rings. The van der Waals surface area contributed by atoms with Crippen LogP contribution in [0.5, 0.6) is 0 Å². The van der Waals surface area contributed by atoms with E-state index >= 15 is 4.79 Å². The minimum atomic E-state index is -1.31. The average molecular weight is 1290 g/mol. The molecule has 23 heteroatoms. The second-order valence-corrected chi connectivity index (χ2v) is 24.2. The number of nitrogens with one attached hydrogen (secondary N) is 4. The highest BCUT2D eigenvalue weighted by atomic mass is 35.5. The van der Waals surface area contributed by atoms with Crippen LogP contribution in [0.4, 0.5) is 0 Å². The zero-order valence-corrected chi connectivity index (χ0v) is 56.4. The molecule has 0 radical (unpaired) electrons. The van der Waals surface area contributed by atoms with Gasteiger partial charge in [0, 0.05) is 61.6 Å². The van der Waals surface area contributed by atoms with E-state index in [-0.39, 0.29) is 80.2 Å². The molecule has 8 atom stereocenters. The van der Waals surface area contributed by atoms with Crippen molar-refractivity contribution >= 4 is 70.5 Å². The highest BCUT2D eigenvalue weighted by molar-refractivity contribution is 6.30. The Morgan fingerprint density at radius 2 is 1.35 bits per heavy atom. The zero-order valence-electron chi connectivity index (χ0n) is 55.6. The minimum Gasteiger partial charge on any atom is -0.456 e. The van der Waals surface area contributed by atoms with Crippen LogP contribution in [0, 0.1) is 17.8 Å². The summed E-state index contributed by atoms with van der Waals surface area (Å²) in [6.07, 6.45) is 4.88. The van der Waals surface area contributed by atoms with E-state index in [1.54, 1.807) is 68.5 Å². The molecule has 6 amide bonds. The molecule has 0 aromatic heterocycles. The molecule has 1 aliphatic heterocycles. The van der Waals surface area contributed by atoms with Crippen molar-refractivity contribution in [3.8, 4) is 0 Å². The zero-order chi connectivity index (χ0) is 67.6. The Morgan fingerprint density at radius 1 is 0.747 bits per heavy atom.